The van der Waals surface area contributed by atoms with E-state index in [0.29, 0.717) is 42.1 Å². The minimum atomic E-state index is -3.28. The molecule has 2 aliphatic heterocycles. The number of methoxy groups -OCH3 is 1. The zero-order valence-corrected chi connectivity index (χ0v) is 21.4. The molecule has 1 atom stereocenters. The lowest BCUT2D eigenvalue weighted by Crippen LogP contribution is -2.37. The second-order valence-electron chi connectivity index (χ2n) is 9.27. The second-order valence-corrected chi connectivity index (χ2v) is 9.27. The number of alkyl halides is 2. The Morgan fingerprint density at radius 2 is 1.97 bits per heavy atom. The monoisotopic (exact) mass is 524 g/mol. The highest BCUT2D eigenvalue weighted by Crippen LogP contribution is 2.41. The fraction of sp³-hybridized carbons (Fsp3) is 0.577. The Morgan fingerprint density at radius 3 is 2.59 bits per heavy atom. The van der Waals surface area contributed by atoms with Crippen molar-refractivity contribution in [3.63, 3.8) is 0 Å². The molecule has 1 amide bonds. The van der Waals surface area contributed by atoms with Crippen LogP contribution in [-0.4, -0.2) is 74.2 Å². The van der Waals surface area contributed by atoms with Crippen LogP contribution in [0.4, 0.5) is 14.5 Å². The number of nitrogens with zero attached hydrogens (tertiary/aromatic N) is 1. The van der Waals surface area contributed by atoms with E-state index in [4.69, 9.17) is 14.2 Å². The van der Waals surface area contributed by atoms with Gasteiger partial charge in [-0.15, -0.1) is 0 Å². The molecule has 2 N–H and O–H groups in total. The Kier molecular flexibility index (Phi) is 9.99. The van der Waals surface area contributed by atoms with E-state index in [1.54, 1.807) is 6.92 Å². The molecule has 0 aromatic heterocycles. The number of fused-ring (bicyclic) bond motifs is 1. The fourth-order valence-corrected chi connectivity index (χ4v) is 4.89. The number of hydrogen-bond donors (Lipinski definition) is 2. The number of ether oxygens (including phenoxy) is 3. The van der Waals surface area contributed by atoms with Crippen molar-refractivity contribution < 1.29 is 42.5 Å². The van der Waals surface area contributed by atoms with Crippen molar-refractivity contribution in [2.75, 3.05) is 45.3 Å². The van der Waals surface area contributed by atoms with Crippen LogP contribution in [0, 0.1) is 12.8 Å². The Labute approximate surface area is 214 Å². The molecule has 0 aliphatic carbocycles. The molecular formula is C26H34F2N2O7. The molecule has 3 rings (SSSR count). The third-order valence-corrected chi connectivity index (χ3v) is 6.95. The summed E-state index contributed by atoms with van der Waals surface area (Å²) in [4.78, 5) is 38.2. The van der Waals surface area contributed by atoms with E-state index in [-0.39, 0.29) is 36.6 Å². The summed E-state index contributed by atoms with van der Waals surface area (Å²) in [6.45, 7) is 7.45. The van der Waals surface area contributed by atoms with Gasteiger partial charge in [-0.2, -0.15) is 8.78 Å². The third-order valence-electron chi connectivity index (χ3n) is 6.95. The predicted octanol–water partition coefficient (Wildman–Crippen LogP) is 3.57. The predicted molar refractivity (Wildman–Crippen MR) is 131 cm³/mol. The fourth-order valence-electron chi connectivity index (χ4n) is 4.89. The van der Waals surface area contributed by atoms with Crippen LogP contribution in [0.25, 0.3) is 0 Å². The summed E-state index contributed by atoms with van der Waals surface area (Å²) in [5, 5.41) is 11.7. The molecule has 204 valence electrons. The lowest BCUT2D eigenvalue weighted by molar-refractivity contribution is -0.137. The van der Waals surface area contributed by atoms with Crippen LogP contribution in [0.3, 0.4) is 0 Å². The van der Waals surface area contributed by atoms with Crippen LogP contribution in [0.5, 0.6) is 5.75 Å². The smallest absolute Gasteiger partial charge is 0.341 e. The average molecular weight is 525 g/mol. The van der Waals surface area contributed by atoms with E-state index in [9.17, 15) is 28.3 Å². The van der Waals surface area contributed by atoms with E-state index in [0.717, 1.165) is 31.6 Å². The Balaban J connectivity index is 1.88. The Bertz CT molecular complexity index is 1050. The number of amides is 1. The Morgan fingerprint density at radius 1 is 1.27 bits per heavy atom. The maximum absolute atomic E-state index is 13.1. The summed E-state index contributed by atoms with van der Waals surface area (Å²) < 4.78 is 42.3. The highest BCUT2D eigenvalue weighted by atomic mass is 19.3. The number of allylic oxidation sites excluding steroid dienone is 2. The van der Waals surface area contributed by atoms with Gasteiger partial charge in [0.25, 0.3) is 5.91 Å². The molecule has 2 heterocycles. The van der Waals surface area contributed by atoms with Crippen molar-refractivity contribution in [1.82, 2.24) is 4.90 Å². The van der Waals surface area contributed by atoms with Crippen LogP contribution in [-0.2, 0) is 32.1 Å². The highest BCUT2D eigenvalue weighted by molar-refractivity contribution is 6.06. The topological polar surface area (TPSA) is 114 Å². The molecule has 0 bridgehead atoms. The number of carbonyl (C=O) groups excluding carboxylic acids is 2. The maximum atomic E-state index is 13.1. The number of carboxylic acid groups (broad SMARTS) is 1. The van der Waals surface area contributed by atoms with E-state index in [1.165, 1.54) is 7.11 Å². The van der Waals surface area contributed by atoms with Crippen LogP contribution in [0.15, 0.2) is 11.6 Å². The number of carboxylic acids is 1. The number of anilines is 1. The second kappa shape index (κ2) is 13.0. The number of aliphatic carboxylic acids is 1. The van der Waals surface area contributed by atoms with Crippen molar-refractivity contribution in [2.24, 2.45) is 5.92 Å². The third kappa shape index (κ3) is 7.04. The van der Waals surface area contributed by atoms with Crippen molar-refractivity contribution in [1.29, 1.82) is 0 Å². The number of nitrogens with one attached hydrogen (secondary N) is 1. The first kappa shape index (κ1) is 28.5. The molecule has 1 aromatic rings. The van der Waals surface area contributed by atoms with Gasteiger partial charge >= 0.3 is 18.4 Å². The van der Waals surface area contributed by atoms with Gasteiger partial charge in [0.15, 0.2) is 0 Å². The summed E-state index contributed by atoms with van der Waals surface area (Å²) in [6, 6.07) is 0. The van der Waals surface area contributed by atoms with Crippen molar-refractivity contribution >= 4 is 23.5 Å². The zero-order chi connectivity index (χ0) is 27.1. The minimum absolute atomic E-state index is 0.0425. The van der Waals surface area contributed by atoms with Gasteiger partial charge in [0, 0.05) is 24.2 Å². The molecule has 0 radical (unpaired) electrons. The standard InChI is InChI=1S/C26H34F2N2O7/c1-15(17(13-20(31)32)5-4-8-30-9-11-36-12-10-30)6-7-18-22(29-25(33)24(27)28)21-19(14-37-26(21)34)16(2)23(18)35-3/h6,17,24H,4-5,7-14H2,1-3H3,(H,29,33)(H,31,32)/b15-6+. The van der Waals surface area contributed by atoms with Crippen molar-refractivity contribution in [3.05, 3.63) is 33.9 Å². The zero-order valence-electron chi connectivity index (χ0n) is 21.4. The molecule has 37 heavy (non-hydrogen) atoms. The number of rotatable bonds is 12. The molecule has 0 saturated carbocycles. The van der Waals surface area contributed by atoms with Gasteiger partial charge in [0.1, 0.15) is 12.4 Å². The van der Waals surface area contributed by atoms with E-state index < -0.39 is 24.3 Å². The number of cyclic esters (lactones) is 1. The summed E-state index contributed by atoms with van der Waals surface area (Å²) in [7, 11) is 1.42. The normalized spacial score (nSPS) is 16.9. The van der Waals surface area contributed by atoms with E-state index >= 15 is 0 Å². The van der Waals surface area contributed by atoms with Gasteiger partial charge in [-0.1, -0.05) is 11.6 Å². The molecule has 0 spiro atoms. The van der Waals surface area contributed by atoms with Crippen LogP contribution >= 0.6 is 0 Å². The maximum Gasteiger partial charge on any atom is 0.341 e. The molecule has 1 unspecified atom stereocenters. The SMILES string of the molecule is COc1c(C)c2c(c(NC(=O)C(F)F)c1C/C=C(\C)C(CCCN1CCOCC1)CC(=O)O)C(=O)OC2. The number of morpholine rings is 1. The first-order valence-corrected chi connectivity index (χ1v) is 12.3. The summed E-state index contributed by atoms with van der Waals surface area (Å²) in [6.07, 6.45) is 0.0863. The molecule has 1 fully saturated rings. The van der Waals surface area contributed by atoms with Gasteiger partial charge in [0.05, 0.1) is 38.0 Å². The summed E-state index contributed by atoms with van der Waals surface area (Å²) in [5.41, 5.74) is 2.25. The lowest BCUT2D eigenvalue weighted by atomic mass is 9.89. The molecule has 11 heteroatoms. The van der Waals surface area contributed by atoms with Crippen molar-refractivity contribution in [2.45, 2.75) is 52.6 Å². The van der Waals surface area contributed by atoms with Gasteiger partial charge in [-0.05, 0) is 51.1 Å². The highest BCUT2D eigenvalue weighted by Gasteiger charge is 2.33. The molecule has 2 aliphatic rings. The van der Waals surface area contributed by atoms with Gasteiger partial charge < -0.3 is 24.6 Å². The number of hydrogen-bond acceptors (Lipinski definition) is 7. The van der Waals surface area contributed by atoms with Gasteiger partial charge in [0.2, 0.25) is 0 Å². The average Bonchev–Trinajstić information content (AvgIpc) is 3.25. The molecule has 1 aromatic carbocycles. The number of benzene rings is 1. The van der Waals surface area contributed by atoms with E-state index in [1.807, 2.05) is 13.0 Å². The first-order chi connectivity index (χ1) is 17.6. The molecular weight excluding hydrogens is 490 g/mol. The van der Waals surface area contributed by atoms with Crippen LogP contribution < -0.4 is 10.1 Å². The summed E-state index contributed by atoms with van der Waals surface area (Å²) >= 11 is 0. The lowest BCUT2D eigenvalue weighted by Gasteiger charge is -2.27. The van der Waals surface area contributed by atoms with Crippen molar-refractivity contribution in [3.8, 4) is 5.75 Å². The largest absolute Gasteiger partial charge is 0.496 e. The molecule has 9 nitrogen and oxygen atoms in total. The van der Waals surface area contributed by atoms with Gasteiger partial charge in [-0.3, -0.25) is 14.5 Å². The van der Waals surface area contributed by atoms with Crippen LogP contribution in [0.2, 0.25) is 0 Å². The van der Waals surface area contributed by atoms with E-state index in [2.05, 4.69) is 10.2 Å². The van der Waals surface area contributed by atoms with Gasteiger partial charge in [-0.25, -0.2) is 4.79 Å². The number of esters is 1. The number of carbonyl (C=O) groups is 3. The Hall–Kier alpha value is -3.05. The minimum Gasteiger partial charge on any atom is -0.496 e. The number of halogens is 2. The quantitative estimate of drug-likeness (QED) is 0.315. The first-order valence-electron chi connectivity index (χ1n) is 12.3. The molecule has 1 saturated heterocycles. The summed E-state index contributed by atoms with van der Waals surface area (Å²) in [5.74, 6) is -3.04. The van der Waals surface area contributed by atoms with Crippen LogP contribution in [0.1, 0.15) is 53.2 Å².